The molecule has 2 aromatic rings. The molecule has 18 heavy (non-hydrogen) atoms. The third kappa shape index (κ3) is 2.35. The van der Waals surface area contributed by atoms with Crippen molar-refractivity contribution < 1.29 is 4.39 Å². The average molecular weight is 245 g/mol. The zero-order valence-corrected chi connectivity index (χ0v) is 9.18. The van der Waals surface area contributed by atoms with Gasteiger partial charge in [0.25, 0.3) is 11.1 Å². The van der Waals surface area contributed by atoms with Crippen LogP contribution in [0.15, 0.2) is 39.9 Å². The third-order valence-corrected chi connectivity index (χ3v) is 2.39. The number of benzene rings is 1. The summed E-state index contributed by atoms with van der Waals surface area (Å²) in [6.07, 6.45) is 0. The van der Waals surface area contributed by atoms with E-state index in [1.165, 1.54) is 12.1 Å². The van der Waals surface area contributed by atoms with Crippen LogP contribution in [-0.2, 0) is 6.54 Å². The van der Waals surface area contributed by atoms with E-state index in [4.69, 9.17) is 5.26 Å². The Balaban J connectivity index is 2.46. The number of nitrogens with zero attached hydrogens (tertiary/aromatic N) is 2. The molecule has 0 aliphatic carbocycles. The van der Waals surface area contributed by atoms with E-state index in [2.05, 4.69) is 5.10 Å². The predicted molar refractivity (Wildman–Crippen MR) is 61.5 cm³/mol. The minimum absolute atomic E-state index is 0.129. The summed E-state index contributed by atoms with van der Waals surface area (Å²) >= 11 is 0. The minimum atomic E-state index is -0.536. The van der Waals surface area contributed by atoms with Gasteiger partial charge in [0.05, 0.1) is 18.2 Å². The number of hydrogen-bond acceptors (Lipinski definition) is 3. The van der Waals surface area contributed by atoms with Gasteiger partial charge < -0.3 is 0 Å². The van der Waals surface area contributed by atoms with Gasteiger partial charge in [0.2, 0.25) is 0 Å². The van der Waals surface area contributed by atoms with E-state index >= 15 is 0 Å². The topological polar surface area (TPSA) is 78.7 Å². The molecule has 0 saturated heterocycles. The fourth-order valence-electron chi connectivity index (χ4n) is 1.52. The van der Waals surface area contributed by atoms with Crippen LogP contribution in [-0.4, -0.2) is 9.78 Å². The third-order valence-electron chi connectivity index (χ3n) is 2.39. The summed E-state index contributed by atoms with van der Waals surface area (Å²) in [7, 11) is 0. The molecule has 2 rings (SSSR count). The zero-order chi connectivity index (χ0) is 13.1. The van der Waals surface area contributed by atoms with E-state index in [0.29, 0.717) is 0 Å². The highest BCUT2D eigenvalue weighted by molar-refractivity contribution is 5.33. The summed E-state index contributed by atoms with van der Waals surface area (Å²) in [5.41, 5.74) is -0.446. The number of aromatic amines is 1. The SMILES string of the molecule is N#Cc1ccc(F)c(Cn2[nH]c(=O)ccc2=O)c1. The van der Waals surface area contributed by atoms with Crippen LogP contribution in [0.1, 0.15) is 11.1 Å². The zero-order valence-electron chi connectivity index (χ0n) is 9.18. The molecule has 1 aromatic heterocycles. The van der Waals surface area contributed by atoms with Gasteiger partial charge in [-0.05, 0) is 18.2 Å². The normalized spacial score (nSPS) is 10.0. The van der Waals surface area contributed by atoms with Crippen molar-refractivity contribution in [2.24, 2.45) is 0 Å². The maximum Gasteiger partial charge on any atom is 0.265 e. The van der Waals surface area contributed by atoms with Crippen molar-refractivity contribution in [2.75, 3.05) is 0 Å². The predicted octanol–water partition coefficient (Wildman–Crippen LogP) is 0.596. The lowest BCUT2D eigenvalue weighted by atomic mass is 10.1. The summed E-state index contributed by atoms with van der Waals surface area (Å²) in [4.78, 5) is 22.5. The molecule has 0 amide bonds. The van der Waals surface area contributed by atoms with Crippen LogP contribution in [0.25, 0.3) is 0 Å². The largest absolute Gasteiger partial charge is 0.268 e. The molecule has 0 aliphatic rings. The molecule has 6 heteroatoms. The Labute approximate surface area is 101 Å². The second-order valence-electron chi connectivity index (χ2n) is 3.65. The second kappa shape index (κ2) is 4.67. The van der Waals surface area contributed by atoms with Gasteiger partial charge in [-0.2, -0.15) is 5.26 Å². The highest BCUT2D eigenvalue weighted by Gasteiger charge is 2.06. The summed E-state index contributed by atoms with van der Waals surface area (Å²) in [5.74, 6) is -0.536. The van der Waals surface area contributed by atoms with Crippen LogP contribution in [0.2, 0.25) is 0 Å². The smallest absolute Gasteiger partial charge is 0.265 e. The summed E-state index contributed by atoms with van der Waals surface area (Å²) in [6, 6.07) is 7.92. The number of halogens is 1. The Bertz CT molecular complexity index is 740. The summed E-state index contributed by atoms with van der Waals surface area (Å²) in [6.45, 7) is -0.129. The number of aromatic nitrogens is 2. The maximum absolute atomic E-state index is 13.5. The van der Waals surface area contributed by atoms with E-state index in [1.807, 2.05) is 6.07 Å². The first-order valence-corrected chi connectivity index (χ1v) is 5.09. The standard InChI is InChI=1S/C12H8FN3O2/c13-10-2-1-8(6-14)5-9(10)7-16-12(18)4-3-11(17)15-16/h1-5H,7H2,(H,15,17). The molecule has 0 radical (unpaired) electrons. The van der Waals surface area contributed by atoms with Gasteiger partial charge in [0.15, 0.2) is 0 Å². The molecule has 1 heterocycles. The number of nitrogens with one attached hydrogen (secondary N) is 1. The van der Waals surface area contributed by atoms with Crippen molar-refractivity contribution in [3.05, 3.63) is 68.0 Å². The van der Waals surface area contributed by atoms with Gasteiger partial charge in [-0.1, -0.05) is 0 Å². The van der Waals surface area contributed by atoms with Crippen LogP contribution < -0.4 is 11.1 Å². The van der Waals surface area contributed by atoms with Crippen LogP contribution >= 0.6 is 0 Å². The summed E-state index contributed by atoms with van der Waals surface area (Å²) < 4.78 is 14.5. The first-order chi connectivity index (χ1) is 8.60. The van der Waals surface area contributed by atoms with E-state index < -0.39 is 16.9 Å². The molecular formula is C12H8FN3O2. The first kappa shape index (κ1) is 11.8. The molecule has 0 atom stereocenters. The second-order valence-corrected chi connectivity index (χ2v) is 3.65. The van der Waals surface area contributed by atoms with E-state index in [9.17, 15) is 14.0 Å². The lowest BCUT2D eigenvalue weighted by Gasteiger charge is -2.06. The molecule has 0 fully saturated rings. The number of nitriles is 1. The molecule has 0 bridgehead atoms. The highest BCUT2D eigenvalue weighted by Crippen LogP contribution is 2.10. The van der Waals surface area contributed by atoms with Gasteiger partial charge in [0.1, 0.15) is 5.82 Å². The van der Waals surface area contributed by atoms with Crippen molar-refractivity contribution in [1.82, 2.24) is 9.78 Å². The Kier molecular flexibility index (Phi) is 3.06. The minimum Gasteiger partial charge on any atom is -0.268 e. The van der Waals surface area contributed by atoms with Crippen molar-refractivity contribution in [1.29, 1.82) is 5.26 Å². The Morgan fingerprint density at radius 2 is 2.06 bits per heavy atom. The number of H-pyrrole nitrogens is 1. The van der Waals surface area contributed by atoms with Crippen molar-refractivity contribution >= 4 is 0 Å². The molecule has 1 aromatic carbocycles. The molecule has 90 valence electrons. The maximum atomic E-state index is 13.5. The first-order valence-electron chi connectivity index (χ1n) is 5.09. The Morgan fingerprint density at radius 1 is 1.28 bits per heavy atom. The van der Waals surface area contributed by atoms with Gasteiger partial charge in [0, 0.05) is 17.7 Å². The van der Waals surface area contributed by atoms with Crippen LogP contribution in [0.5, 0.6) is 0 Å². The molecular weight excluding hydrogens is 237 g/mol. The molecule has 0 spiro atoms. The Hall–Kier alpha value is -2.68. The number of rotatable bonds is 2. The van der Waals surface area contributed by atoms with Crippen LogP contribution in [0.4, 0.5) is 4.39 Å². The van der Waals surface area contributed by atoms with Crippen molar-refractivity contribution in [3.63, 3.8) is 0 Å². The van der Waals surface area contributed by atoms with Gasteiger partial charge >= 0.3 is 0 Å². The lowest BCUT2D eigenvalue weighted by Crippen LogP contribution is -2.28. The molecule has 1 N–H and O–H groups in total. The van der Waals surface area contributed by atoms with Gasteiger partial charge in [-0.3, -0.25) is 14.7 Å². The van der Waals surface area contributed by atoms with Gasteiger partial charge in [-0.15, -0.1) is 0 Å². The van der Waals surface area contributed by atoms with E-state index in [-0.39, 0.29) is 17.7 Å². The van der Waals surface area contributed by atoms with Gasteiger partial charge in [-0.25, -0.2) is 9.07 Å². The lowest BCUT2D eigenvalue weighted by molar-refractivity contribution is 0.568. The average Bonchev–Trinajstić information content (AvgIpc) is 2.36. The Morgan fingerprint density at radius 3 is 2.78 bits per heavy atom. The molecule has 0 unspecified atom stereocenters. The van der Waals surface area contributed by atoms with Crippen LogP contribution in [0, 0.1) is 17.1 Å². The van der Waals surface area contributed by atoms with E-state index in [1.54, 1.807) is 0 Å². The van der Waals surface area contributed by atoms with E-state index in [0.717, 1.165) is 22.9 Å². The van der Waals surface area contributed by atoms with Crippen LogP contribution in [0.3, 0.4) is 0 Å². The quantitative estimate of drug-likeness (QED) is 0.841. The van der Waals surface area contributed by atoms with Crippen molar-refractivity contribution in [2.45, 2.75) is 6.54 Å². The highest BCUT2D eigenvalue weighted by atomic mass is 19.1. The summed E-state index contributed by atoms with van der Waals surface area (Å²) in [5, 5.41) is 11.0. The molecule has 0 saturated carbocycles. The molecule has 5 nitrogen and oxygen atoms in total. The monoisotopic (exact) mass is 245 g/mol. The fraction of sp³-hybridized carbons (Fsp3) is 0.0833. The molecule has 0 aliphatic heterocycles. The van der Waals surface area contributed by atoms with Crippen molar-refractivity contribution in [3.8, 4) is 6.07 Å². The fourth-order valence-corrected chi connectivity index (χ4v) is 1.52. The number of hydrogen-bond donors (Lipinski definition) is 1.